The van der Waals surface area contributed by atoms with Crippen LogP contribution in [0.3, 0.4) is 0 Å². The molecule has 0 saturated carbocycles. The first kappa shape index (κ1) is 22.2. The highest BCUT2D eigenvalue weighted by Gasteiger charge is 2.27. The number of aromatic nitrogens is 3. The lowest BCUT2D eigenvalue weighted by atomic mass is 10.3. The van der Waals surface area contributed by atoms with Crippen LogP contribution in [0.4, 0.5) is 5.88 Å². The van der Waals surface area contributed by atoms with Crippen molar-refractivity contribution in [2.45, 2.75) is 18.6 Å². The molecule has 4 aromatic rings. The van der Waals surface area contributed by atoms with E-state index in [-0.39, 0.29) is 28.8 Å². The van der Waals surface area contributed by atoms with Crippen LogP contribution in [0.2, 0.25) is 0 Å². The second-order valence-electron chi connectivity index (χ2n) is 7.50. The van der Waals surface area contributed by atoms with E-state index in [0.717, 1.165) is 0 Å². The van der Waals surface area contributed by atoms with Crippen molar-refractivity contribution in [3.8, 4) is 17.7 Å². The summed E-state index contributed by atoms with van der Waals surface area (Å²) in [4.78, 5) is 38.0. The van der Waals surface area contributed by atoms with E-state index in [2.05, 4.69) is 16.0 Å². The lowest BCUT2D eigenvalue weighted by molar-refractivity contribution is -0.128. The van der Waals surface area contributed by atoms with Gasteiger partial charge in [0.25, 0.3) is 11.4 Å². The Morgan fingerprint density at radius 1 is 1.26 bits per heavy atom. The van der Waals surface area contributed by atoms with Crippen LogP contribution < -0.4 is 10.5 Å². The number of hydrogen-bond acceptors (Lipinski definition) is 10. The molecule has 5 rings (SSSR count). The molecule has 0 spiro atoms. The number of thiophene rings is 1. The summed E-state index contributed by atoms with van der Waals surface area (Å²) in [6, 6.07) is 7.33. The van der Waals surface area contributed by atoms with Crippen LogP contribution in [0.5, 0.6) is 0 Å². The van der Waals surface area contributed by atoms with Gasteiger partial charge in [0.05, 0.1) is 17.5 Å². The Balaban J connectivity index is 1.23. The van der Waals surface area contributed by atoms with Crippen molar-refractivity contribution < 1.29 is 13.6 Å². The molecule has 4 aromatic heterocycles. The van der Waals surface area contributed by atoms with E-state index in [1.165, 1.54) is 29.4 Å². The molecule has 1 aliphatic rings. The molecule has 0 bridgehead atoms. The molecule has 0 unspecified atom stereocenters. The zero-order valence-electron chi connectivity index (χ0n) is 18.3. The summed E-state index contributed by atoms with van der Waals surface area (Å²) in [6.45, 7) is 4.38. The number of fused-ring (bicyclic) bond motifs is 1. The fourth-order valence-corrected chi connectivity index (χ4v) is 5.54. The molecule has 1 amide bonds. The van der Waals surface area contributed by atoms with E-state index < -0.39 is 0 Å². The molecule has 1 aliphatic heterocycles. The van der Waals surface area contributed by atoms with Gasteiger partial charge in [-0.1, -0.05) is 11.8 Å². The molecular weight excluding hydrogens is 476 g/mol. The van der Waals surface area contributed by atoms with Gasteiger partial charge < -0.3 is 18.6 Å². The second kappa shape index (κ2) is 9.36. The number of amides is 1. The van der Waals surface area contributed by atoms with Crippen LogP contribution in [-0.2, 0) is 11.3 Å². The molecule has 0 N–H and O–H groups in total. The predicted octanol–water partition coefficient (Wildman–Crippen LogP) is 3.04. The molecule has 0 radical (unpaired) electrons. The van der Waals surface area contributed by atoms with Crippen LogP contribution in [0, 0.1) is 11.3 Å². The SMILES string of the molecule is CCn1c(SCC(=O)N2CCN(c3oc(-c4ccco4)nc3C#N)CC2)nc2ccsc2c1=O. The first-order valence-electron chi connectivity index (χ1n) is 10.7. The van der Waals surface area contributed by atoms with Gasteiger partial charge in [0, 0.05) is 32.7 Å². The van der Waals surface area contributed by atoms with Crippen molar-refractivity contribution in [3.63, 3.8) is 0 Å². The molecule has 0 atom stereocenters. The van der Waals surface area contributed by atoms with Gasteiger partial charge in [-0.25, -0.2) is 4.98 Å². The number of piperazine rings is 1. The van der Waals surface area contributed by atoms with Gasteiger partial charge >= 0.3 is 0 Å². The second-order valence-corrected chi connectivity index (χ2v) is 9.36. The third-order valence-corrected chi connectivity index (χ3v) is 7.39. The van der Waals surface area contributed by atoms with Crippen molar-refractivity contribution in [2.75, 3.05) is 36.8 Å². The number of rotatable bonds is 6. The van der Waals surface area contributed by atoms with Gasteiger partial charge in [0.1, 0.15) is 10.8 Å². The highest BCUT2D eigenvalue weighted by Crippen LogP contribution is 2.29. The Morgan fingerprint density at radius 3 is 2.79 bits per heavy atom. The first-order valence-corrected chi connectivity index (χ1v) is 12.5. The maximum atomic E-state index is 12.9. The van der Waals surface area contributed by atoms with E-state index in [4.69, 9.17) is 8.83 Å². The van der Waals surface area contributed by atoms with E-state index in [1.807, 2.05) is 23.3 Å². The van der Waals surface area contributed by atoms with Crippen LogP contribution in [0.25, 0.3) is 21.9 Å². The van der Waals surface area contributed by atoms with E-state index in [1.54, 1.807) is 21.6 Å². The number of oxazole rings is 1. The number of nitrogens with zero attached hydrogens (tertiary/aromatic N) is 6. The maximum Gasteiger partial charge on any atom is 0.272 e. The molecule has 174 valence electrons. The normalized spacial score (nSPS) is 14.0. The Labute approximate surface area is 202 Å². The molecule has 1 saturated heterocycles. The molecule has 5 heterocycles. The minimum atomic E-state index is -0.0691. The number of anilines is 1. The number of nitriles is 1. The largest absolute Gasteiger partial charge is 0.459 e. The van der Waals surface area contributed by atoms with Gasteiger partial charge in [-0.15, -0.1) is 11.3 Å². The molecule has 1 fully saturated rings. The van der Waals surface area contributed by atoms with Gasteiger partial charge in [-0.05, 0) is 30.5 Å². The highest BCUT2D eigenvalue weighted by molar-refractivity contribution is 7.99. The number of thioether (sulfide) groups is 1. The van der Waals surface area contributed by atoms with Crippen LogP contribution >= 0.6 is 23.1 Å². The summed E-state index contributed by atoms with van der Waals surface area (Å²) in [6.07, 6.45) is 1.52. The van der Waals surface area contributed by atoms with Crippen molar-refractivity contribution in [1.29, 1.82) is 5.26 Å². The summed E-state index contributed by atoms with van der Waals surface area (Å²) < 4.78 is 13.4. The van der Waals surface area contributed by atoms with Crippen molar-refractivity contribution in [1.82, 2.24) is 19.4 Å². The molecule has 0 aliphatic carbocycles. The third-order valence-electron chi connectivity index (χ3n) is 5.54. The lowest BCUT2D eigenvalue weighted by Gasteiger charge is -2.34. The topological polar surface area (TPSA) is 121 Å². The molecular formula is C22H20N6O4S2. The Kier molecular flexibility index (Phi) is 6.12. The Hall–Kier alpha value is -3.56. The molecule has 12 heteroatoms. The Bertz CT molecular complexity index is 1420. The predicted molar refractivity (Wildman–Crippen MR) is 128 cm³/mol. The number of furan rings is 1. The summed E-state index contributed by atoms with van der Waals surface area (Å²) in [7, 11) is 0. The minimum Gasteiger partial charge on any atom is -0.459 e. The van der Waals surface area contributed by atoms with E-state index >= 15 is 0 Å². The standard InChI is InChI=1S/C22H20N6O4S2/c1-2-28-20(30)18-14(5-11-33-18)25-22(28)34-13-17(29)26-6-8-27(9-7-26)21-15(12-23)24-19(32-21)16-4-3-10-31-16/h3-5,10-11H,2,6-9,13H2,1H3. The van der Waals surface area contributed by atoms with Crippen molar-refractivity contribution in [2.24, 2.45) is 0 Å². The Morgan fingerprint density at radius 2 is 2.09 bits per heavy atom. The fourth-order valence-electron chi connectivity index (χ4n) is 3.79. The zero-order chi connectivity index (χ0) is 23.7. The molecule has 34 heavy (non-hydrogen) atoms. The van der Waals surface area contributed by atoms with Crippen molar-refractivity contribution in [3.05, 3.63) is 45.9 Å². The van der Waals surface area contributed by atoms with E-state index in [9.17, 15) is 14.9 Å². The van der Waals surface area contributed by atoms with Gasteiger partial charge in [-0.3, -0.25) is 14.2 Å². The highest BCUT2D eigenvalue weighted by atomic mass is 32.2. The third kappa shape index (κ3) is 4.08. The van der Waals surface area contributed by atoms with Gasteiger partial charge in [0.15, 0.2) is 10.9 Å². The molecule has 0 aromatic carbocycles. The number of hydrogen-bond donors (Lipinski definition) is 0. The average Bonchev–Trinajstić information content (AvgIpc) is 3.63. The average molecular weight is 497 g/mol. The number of carbonyl (C=O) groups is 1. The maximum absolute atomic E-state index is 12.9. The quantitative estimate of drug-likeness (QED) is 0.293. The minimum absolute atomic E-state index is 0.0266. The number of carbonyl (C=O) groups excluding carboxylic acids is 1. The monoisotopic (exact) mass is 496 g/mol. The summed E-state index contributed by atoms with van der Waals surface area (Å²) in [5.74, 6) is 1.25. The van der Waals surface area contributed by atoms with Crippen LogP contribution in [0.1, 0.15) is 12.6 Å². The van der Waals surface area contributed by atoms with Crippen LogP contribution in [-0.4, -0.2) is 57.3 Å². The first-order chi connectivity index (χ1) is 16.6. The van der Waals surface area contributed by atoms with E-state index in [0.29, 0.717) is 59.7 Å². The summed E-state index contributed by atoms with van der Waals surface area (Å²) >= 11 is 2.66. The zero-order valence-corrected chi connectivity index (χ0v) is 19.9. The summed E-state index contributed by atoms with van der Waals surface area (Å²) in [5.41, 5.74) is 0.784. The summed E-state index contributed by atoms with van der Waals surface area (Å²) in [5, 5.41) is 11.9. The fraction of sp³-hybridized carbons (Fsp3) is 0.318. The van der Waals surface area contributed by atoms with Crippen LogP contribution in [0.15, 0.2) is 48.6 Å². The molecule has 10 nitrogen and oxygen atoms in total. The smallest absolute Gasteiger partial charge is 0.272 e. The van der Waals surface area contributed by atoms with Crippen molar-refractivity contribution >= 4 is 45.1 Å². The van der Waals surface area contributed by atoms with Gasteiger partial charge in [0.2, 0.25) is 17.5 Å². The van der Waals surface area contributed by atoms with Gasteiger partial charge in [-0.2, -0.15) is 10.2 Å². The lowest BCUT2D eigenvalue weighted by Crippen LogP contribution is -2.49.